The van der Waals surface area contributed by atoms with Crippen LogP contribution in [-0.2, 0) is 9.53 Å². The molecule has 0 fully saturated rings. The molecule has 0 saturated heterocycles. The second-order valence-electron chi connectivity index (χ2n) is 4.60. The first-order chi connectivity index (χ1) is 11.5. The Labute approximate surface area is 147 Å². The fraction of sp³-hybridized carbons (Fsp3) is 0.0625. The first-order valence-electron chi connectivity index (χ1n) is 6.73. The maximum absolute atomic E-state index is 11.8. The molecule has 2 N–H and O–H groups in total. The van der Waals surface area contributed by atoms with E-state index in [1.807, 2.05) is 0 Å². The molecule has 0 aliphatic carbocycles. The lowest BCUT2D eigenvalue weighted by Crippen LogP contribution is -2.43. The number of halogens is 2. The van der Waals surface area contributed by atoms with Crippen LogP contribution in [0.4, 0.5) is 0 Å². The van der Waals surface area contributed by atoms with Crippen molar-refractivity contribution in [3.05, 3.63) is 69.7 Å². The van der Waals surface area contributed by atoms with Gasteiger partial charge in [0.1, 0.15) is 0 Å². The van der Waals surface area contributed by atoms with Gasteiger partial charge in [-0.25, -0.2) is 4.79 Å². The molecule has 2 rings (SSSR count). The molecule has 0 bridgehead atoms. The Kier molecular flexibility index (Phi) is 6.17. The van der Waals surface area contributed by atoms with Crippen LogP contribution in [0.3, 0.4) is 0 Å². The molecular weight excluding hydrogens is 355 g/mol. The van der Waals surface area contributed by atoms with Gasteiger partial charge >= 0.3 is 5.97 Å². The molecule has 0 spiro atoms. The van der Waals surface area contributed by atoms with Crippen molar-refractivity contribution in [3.63, 3.8) is 0 Å². The summed E-state index contributed by atoms with van der Waals surface area (Å²) < 4.78 is 4.82. The highest BCUT2D eigenvalue weighted by atomic mass is 35.5. The maximum Gasteiger partial charge on any atom is 0.338 e. The van der Waals surface area contributed by atoms with E-state index in [9.17, 15) is 14.4 Å². The smallest absolute Gasteiger partial charge is 0.338 e. The van der Waals surface area contributed by atoms with Crippen LogP contribution in [0.5, 0.6) is 0 Å². The SMILES string of the molecule is O=C(COC(=O)c1cccc(Cl)c1)NNC(=O)c1ccc(Cl)cc1. The molecule has 0 aliphatic heterocycles. The van der Waals surface area contributed by atoms with Gasteiger partial charge in [-0.3, -0.25) is 20.4 Å². The lowest BCUT2D eigenvalue weighted by molar-refractivity contribution is -0.125. The van der Waals surface area contributed by atoms with E-state index in [0.29, 0.717) is 15.6 Å². The fourth-order valence-corrected chi connectivity index (χ4v) is 1.98. The van der Waals surface area contributed by atoms with E-state index in [1.165, 1.54) is 24.3 Å². The number of hydrazine groups is 1. The van der Waals surface area contributed by atoms with Gasteiger partial charge in [-0.15, -0.1) is 0 Å². The first-order valence-corrected chi connectivity index (χ1v) is 7.49. The van der Waals surface area contributed by atoms with Crippen LogP contribution in [0.15, 0.2) is 48.5 Å². The topological polar surface area (TPSA) is 84.5 Å². The monoisotopic (exact) mass is 366 g/mol. The van der Waals surface area contributed by atoms with Gasteiger partial charge in [-0.2, -0.15) is 0 Å². The van der Waals surface area contributed by atoms with E-state index in [1.54, 1.807) is 24.3 Å². The molecule has 0 radical (unpaired) electrons. The van der Waals surface area contributed by atoms with Crippen LogP contribution < -0.4 is 10.9 Å². The number of nitrogens with one attached hydrogen (secondary N) is 2. The number of carbonyl (C=O) groups excluding carboxylic acids is 3. The summed E-state index contributed by atoms with van der Waals surface area (Å²) in [5.74, 6) is -1.91. The average Bonchev–Trinajstić information content (AvgIpc) is 2.58. The third-order valence-corrected chi connectivity index (χ3v) is 3.30. The summed E-state index contributed by atoms with van der Waals surface area (Å²) in [6.07, 6.45) is 0. The molecule has 6 nitrogen and oxygen atoms in total. The van der Waals surface area contributed by atoms with Crippen molar-refractivity contribution in [2.45, 2.75) is 0 Å². The van der Waals surface area contributed by atoms with E-state index in [2.05, 4.69) is 10.9 Å². The lowest BCUT2D eigenvalue weighted by atomic mass is 10.2. The van der Waals surface area contributed by atoms with Gasteiger partial charge in [-0.05, 0) is 42.5 Å². The molecular formula is C16H12Cl2N2O4. The second kappa shape index (κ2) is 8.33. The third-order valence-electron chi connectivity index (χ3n) is 2.82. The van der Waals surface area contributed by atoms with Crippen LogP contribution in [-0.4, -0.2) is 24.4 Å². The number of hydrogen-bond donors (Lipinski definition) is 2. The highest BCUT2D eigenvalue weighted by Crippen LogP contribution is 2.11. The maximum atomic E-state index is 11.8. The molecule has 0 unspecified atom stereocenters. The Morgan fingerprint density at radius 3 is 2.25 bits per heavy atom. The Balaban J connectivity index is 1.78. The van der Waals surface area contributed by atoms with Crippen molar-refractivity contribution < 1.29 is 19.1 Å². The number of hydrogen-bond acceptors (Lipinski definition) is 4. The number of ether oxygens (including phenoxy) is 1. The second-order valence-corrected chi connectivity index (χ2v) is 5.47. The predicted molar refractivity (Wildman–Crippen MR) is 88.8 cm³/mol. The summed E-state index contributed by atoms with van der Waals surface area (Å²) >= 11 is 11.5. The normalized spacial score (nSPS) is 9.92. The van der Waals surface area contributed by atoms with E-state index in [-0.39, 0.29) is 5.56 Å². The van der Waals surface area contributed by atoms with E-state index in [4.69, 9.17) is 27.9 Å². The van der Waals surface area contributed by atoms with Gasteiger partial charge in [-0.1, -0.05) is 29.3 Å². The number of carbonyl (C=O) groups is 3. The van der Waals surface area contributed by atoms with Gasteiger partial charge in [0.15, 0.2) is 6.61 Å². The molecule has 2 aromatic rings. The lowest BCUT2D eigenvalue weighted by Gasteiger charge is -2.08. The molecule has 2 aromatic carbocycles. The quantitative estimate of drug-likeness (QED) is 0.643. The molecule has 2 amide bonds. The van der Waals surface area contributed by atoms with Crippen LogP contribution in [0.2, 0.25) is 10.0 Å². The van der Waals surface area contributed by atoms with Gasteiger partial charge in [0.2, 0.25) is 0 Å². The molecule has 124 valence electrons. The molecule has 0 aromatic heterocycles. The van der Waals surface area contributed by atoms with E-state index < -0.39 is 24.4 Å². The highest BCUT2D eigenvalue weighted by molar-refractivity contribution is 6.31. The molecule has 24 heavy (non-hydrogen) atoms. The molecule has 0 aliphatic rings. The molecule has 0 atom stereocenters. The van der Waals surface area contributed by atoms with Gasteiger partial charge in [0.25, 0.3) is 11.8 Å². The van der Waals surface area contributed by atoms with Crippen LogP contribution in [0.1, 0.15) is 20.7 Å². The van der Waals surface area contributed by atoms with Crippen molar-refractivity contribution in [2.24, 2.45) is 0 Å². The number of benzene rings is 2. The van der Waals surface area contributed by atoms with Crippen molar-refractivity contribution in [1.29, 1.82) is 0 Å². The molecule has 0 heterocycles. The Bertz CT molecular complexity index is 763. The zero-order valence-corrected chi connectivity index (χ0v) is 13.7. The summed E-state index contributed by atoms with van der Waals surface area (Å²) in [6, 6.07) is 12.2. The average molecular weight is 367 g/mol. The van der Waals surface area contributed by atoms with Gasteiger partial charge in [0, 0.05) is 15.6 Å². The Morgan fingerprint density at radius 2 is 1.58 bits per heavy atom. The summed E-state index contributed by atoms with van der Waals surface area (Å²) in [6.45, 7) is -0.549. The van der Waals surface area contributed by atoms with Crippen molar-refractivity contribution in [2.75, 3.05) is 6.61 Å². The predicted octanol–water partition coefficient (Wildman–Crippen LogP) is 2.61. The standard InChI is InChI=1S/C16H12Cl2N2O4/c17-12-6-4-10(5-7-12)15(22)20-19-14(21)9-24-16(23)11-2-1-3-13(18)8-11/h1-8H,9H2,(H,19,21)(H,20,22). The van der Waals surface area contributed by atoms with Crippen LogP contribution >= 0.6 is 23.2 Å². The third kappa shape index (κ3) is 5.26. The van der Waals surface area contributed by atoms with Crippen molar-refractivity contribution >= 4 is 41.0 Å². The number of esters is 1. The van der Waals surface area contributed by atoms with Crippen LogP contribution in [0.25, 0.3) is 0 Å². The Morgan fingerprint density at radius 1 is 0.875 bits per heavy atom. The minimum atomic E-state index is -0.698. The van der Waals surface area contributed by atoms with Crippen molar-refractivity contribution in [1.82, 2.24) is 10.9 Å². The summed E-state index contributed by atoms with van der Waals surface area (Å²) in [5, 5.41) is 0.868. The molecule has 8 heteroatoms. The zero-order valence-electron chi connectivity index (χ0n) is 12.2. The minimum Gasteiger partial charge on any atom is -0.452 e. The summed E-state index contributed by atoms with van der Waals surface area (Å²) in [5.41, 5.74) is 4.87. The summed E-state index contributed by atoms with van der Waals surface area (Å²) in [4.78, 5) is 35.1. The van der Waals surface area contributed by atoms with Crippen molar-refractivity contribution in [3.8, 4) is 0 Å². The minimum absolute atomic E-state index is 0.223. The highest BCUT2D eigenvalue weighted by Gasteiger charge is 2.11. The van der Waals surface area contributed by atoms with E-state index in [0.717, 1.165) is 0 Å². The largest absolute Gasteiger partial charge is 0.452 e. The molecule has 0 saturated carbocycles. The number of rotatable bonds is 4. The van der Waals surface area contributed by atoms with Crippen LogP contribution in [0, 0.1) is 0 Å². The fourth-order valence-electron chi connectivity index (χ4n) is 1.67. The zero-order chi connectivity index (χ0) is 17.5. The van der Waals surface area contributed by atoms with E-state index >= 15 is 0 Å². The first kappa shape index (κ1) is 17.8. The Hall–Kier alpha value is -2.57. The number of amides is 2. The van der Waals surface area contributed by atoms with Gasteiger partial charge < -0.3 is 4.74 Å². The van der Waals surface area contributed by atoms with Gasteiger partial charge in [0.05, 0.1) is 5.56 Å². The summed E-state index contributed by atoms with van der Waals surface area (Å²) in [7, 11) is 0.